The van der Waals surface area contributed by atoms with Crippen LogP contribution in [-0.4, -0.2) is 49.2 Å². The topological polar surface area (TPSA) is 41.6 Å². The molecule has 1 aliphatic heterocycles. The van der Waals surface area contributed by atoms with Gasteiger partial charge in [0.25, 0.3) is 0 Å². The largest absolute Gasteiger partial charge is 0.371 e. The van der Waals surface area contributed by atoms with Gasteiger partial charge in [-0.2, -0.15) is 0 Å². The maximum atomic E-state index is 10.8. The summed E-state index contributed by atoms with van der Waals surface area (Å²) >= 11 is 0. The van der Waals surface area contributed by atoms with E-state index in [1.54, 1.807) is 6.92 Å². The lowest BCUT2D eigenvalue weighted by atomic mass is 10.0. The van der Waals surface area contributed by atoms with E-state index in [-0.39, 0.29) is 5.91 Å². The summed E-state index contributed by atoms with van der Waals surface area (Å²) in [5.41, 5.74) is 0. The number of nitrogens with one attached hydrogen (secondary N) is 1. The van der Waals surface area contributed by atoms with Gasteiger partial charge in [0.2, 0.25) is 5.91 Å². The molecule has 1 N–H and O–H groups in total. The van der Waals surface area contributed by atoms with Crippen molar-refractivity contribution in [2.45, 2.75) is 51.2 Å². The van der Waals surface area contributed by atoms with Gasteiger partial charge in [-0.1, -0.05) is 12.2 Å². The van der Waals surface area contributed by atoms with Crippen LogP contribution in [0.5, 0.6) is 0 Å². The molecule has 0 spiro atoms. The SMILES string of the molecule is CC(=O)NCCN1CCC(OC2C=CCCC2)CC1. The normalized spacial score (nSPS) is 25.4. The van der Waals surface area contributed by atoms with Gasteiger partial charge in [0.15, 0.2) is 0 Å². The summed E-state index contributed by atoms with van der Waals surface area (Å²) in [5.74, 6) is 0.0577. The molecule has 4 nitrogen and oxygen atoms in total. The highest BCUT2D eigenvalue weighted by atomic mass is 16.5. The molecule has 1 aliphatic carbocycles. The first-order valence-corrected chi connectivity index (χ1v) is 7.53. The van der Waals surface area contributed by atoms with E-state index in [9.17, 15) is 4.79 Å². The second-order valence-corrected chi connectivity index (χ2v) is 5.56. The maximum absolute atomic E-state index is 10.8. The fraction of sp³-hybridized carbons (Fsp3) is 0.800. The number of hydrogen-bond acceptors (Lipinski definition) is 3. The zero-order valence-electron chi connectivity index (χ0n) is 11.9. The lowest BCUT2D eigenvalue weighted by Crippen LogP contribution is -2.41. The molecule has 1 amide bonds. The summed E-state index contributed by atoms with van der Waals surface area (Å²) in [6.45, 7) is 5.45. The number of carbonyl (C=O) groups is 1. The molecule has 1 heterocycles. The van der Waals surface area contributed by atoms with Crippen LogP contribution < -0.4 is 5.32 Å². The Kier molecular flexibility index (Phi) is 5.86. The summed E-state index contributed by atoms with van der Waals surface area (Å²) in [4.78, 5) is 13.2. The molecule has 1 saturated heterocycles. The van der Waals surface area contributed by atoms with Gasteiger partial charge in [-0.15, -0.1) is 0 Å². The number of nitrogens with zero attached hydrogens (tertiary/aromatic N) is 1. The number of carbonyl (C=O) groups excluding carboxylic acids is 1. The first kappa shape index (κ1) is 14.5. The highest BCUT2D eigenvalue weighted by molar-refractivity contribution is 5.72. The van der Waals surface area contributed by atoms with Crippen LogP contribution in [0.1, 0.15) is 39.0 Å². The smallest absolute Gasteiger partial charge is 0.216 e. The second kappa shape index (κ2) is 7.65. The third-order valence-corrected chi connectivity index (χ3v) is 3.91. The Morgan fingerprint density at radius 2 is 2.16 bits per heavy atom. The van der Waals surface area contributed by atoms with E-state index >= 15 is 0 Å². The number of ether oxygens (including phenoxy) is 1. The maximum Gasteiger partial charge on any atom is 0.216 e. The Morgan fingerprint density at radius 3 is 2.79 bits per heavy atom. The highest BCUT2D eigenvalue weighted by Gasteiger charge is 2.22. The number of piperidine rings is 1. The molecule has 1 atom stereocenters. The molecule has 0 saturated carbocycles. The van der Waals surface area contributed by atoms with E-state index in [1.165, 1.54) is 19.3 Å². The van der Waals surface area contributed by atoms with Crippen LogP contribution in [0.2, 0.25) is 0 Å². The summed E-state index contributed by atoms with van der Waals surface area (Å²) in [6.07, 6.45) is 11.1. The van der Waals surface area contributed by atoms with Crippen molar-refractivity contribution in [2.24, 2.45) is 0 Å². The molecule has 108 valence electrons. The minimum atomic E-state index is 0.0577. The molecule has 0 aromatic heterocycles. The van der Waals surface area contributed by atoms with Crippen molar-refractivity contribution in [1.29, 1.82) is 0 Å². The van der Waals surface area contributed by atoms with Crippen molar-refractivity contribution in [2.75, 3.05) is 26.2 Å². The van der Waals surface area contributed by atoms with Crippen molar-refractivity contribution in [3.8, 4) is 0 Å². The first-order valence-electron chi connectivity index (χ1n) is 7.53. The van der Waals surface area contributed by atoms with Gasteiger partial charge in [0.1, 0.15) is 0 Å². The van der Waals surface area contributed by atoms with Crippen molar-refractivity contribution in [1.82, 2.24) is 10.2 Å². The van der Waals surface area contributed by atoms with E-state index in [2.05, 4.69) is 22.4 Å². The molecule has 1 unspecified atom stereocenters. The van der Waals surface area contributed by atoms with E-state index in [0.717, 1.165) is 39.0 Å². The molecule has 0 aromatic carbocycles. The lowest BCUT2D eigenvalue weighted by molar-refractivity contribution is -0.119. The zero-order valence-corrected chi connectivity index (χ0v) is 11.9. The minimum absolute atomic E-state index is 0.0577. The number of hydrogen-bond donors (Lipinski definition) is 1. The van der Waals surface area contributed by atoms with E-state index in [1.807, 2.05) is 0 Å². The molecule has 0 bridgehead atoms. The molecular weight excluding hydrogens is 240 g/mol. The quantitative estimate of drug-likeness (QED) is 0.770. The van der Waals surface area contributed by atoms with Crippen LogP contribution in [0.25, 0.3) is 0 Å². The molecule has 19 heavy (non-hydrogen) atoms. The van der Waals surface area contributed by atoms with Crippen LogP contribution in [0, 0.1) is 0 Å². The Balaban J connectivity index is 1.60. The van der Waals surface area contributed by atoms with Gasteiger partial charge in [-0.05, 0) is 32.1 Å². The Morgan fingerprint density at radius 1 is 1.37 bits per heavy atom. The predicted octanol–water partition coefficient (Wildman–Crippen LogP) is 1.71. The predicted molar refractivity (Wildman–Crippen MR) is 76.0 cm³/mol. The van der Waals surface area contributed by atoms with Crippen LogP contribution >= 0.6 is 0 Å². The Hall–Kier alpha value is -0.870. The summed E-state index contributed by atoms with van der Waals surface area (Å²) in [7, 11) is 0. The molecule has 4 heteroatoms. The van der Waals surface area contributed by atoms with Gasteiger partial charge >= 0.3 is 0 Å². The third kappa shape index (κ3) is 5.33. The lowest BCUT2D eigenvalue weighted by Gasteiger charge is -2.33. The number of amides is 1. The monoisotopic (exact) mass is 266 g/mol. The molecule has 0 radical (unpaired) electrons. The van der Waals surface area contributed by atoms with Crippen LogP contribution in [0.3, 0.4) is 0 Å². The van der Waals surface area contributed by atoms with Crippen molar-refractivity contribution in [3.63, 3.8) is 0 Å². The Bertz CT molecular complexity index is 309. The van der Waals surface area contributed by atoms with Gasteiger partial charge in [-0.3, -0.25) is 4.79 Å². The average Bonchev–Trinajstić information content (AvgIpc) is 2.42. The van der Waals surface area contributed by atoms with Crippen molar-refractivity contribution < 1.29 is 9.53 Å². The van der Waals surface area contributed by atoms with Crippen LogP contribution in [-0.2, 0) is 9.53 Å². The van der Waals surface area contributed by atoms with E-state index in [0.29, 0.717) is 12.2 Å². The van der Waals surface area contributed by atoms with Gasteiger partial charge in [0, 0.05) is 33.1 Å². The summed E-state index contributed by atoms with van der Waals surface area (Å²) < 4.78 is 6.14. The second-order valence-electron chi connectivity index (χ2n) is 5.56. The van der Waals surface area contributed by atoms with Crippen LogP contribution in [0.4, 0.5) is 0 Å². The molecule has 1 fully saturated rings. The zero-order chi connectivity index (χ0) is 13.5. The standard InChI is InChI=1S/C15H26N2O2/c1-13(18)16-9-12-17-10-7-15(8-11-17)19-14-5-3-2-4-6-14/h3,5,14-15H,2,4,6-12H2,1H3,(H,16,18). The molecule has 2 aliphatic rings. The molecule has 2 rings (SSSR count). The van der Waals surface area contributed by atoms with Crippen molar-refractivity contribution >= 4 is 5.91 Å². The molecule has 0 aromatic rings. The van der Waals surface area contributed by atoms with Gasteiger partial charge in [-0.25, -0.2) is 0 Å². The van der Waals surface area contributed by atoms with Crippen LogP contribution in [0.15, 0.2) is 12.2 Å². The summed E-state index contributed by atoms with van der Waals surface area (Å²) in [5, 5.41) is 2.85. The van der Waals surface area contributed by atoms with Gasteiger partial charge in [0.05, 0.1) is 12.2 Å². The fourth-order valence-corrected chi connectivity index (χ4v) is 2.80. The van der Waals surface area contributed by atoms with Gasteiger partial charge < -0.3 is 15.0 Å². The third-order valence-electron chi connectivity index (χ3n) is 3.91. The summed E-state index contributed by atoms with van der Waals surface area (Å²) in [6, 6.07) is 0. The number of likely N-dealkylation sites (tertiary alicyclic amines) is 1. The average molecular weight is 266 g/mol. The number of allylic oxidation sites excluding steroid dienone is 1. The van der Waals surface area contributed by atoms with E-state index in [4.69, 9.17) is 4.74 Å². The molecular formula is C15H26N2O2. The first-order chi connectivity index (χ1) is 9.24. The highest BCUT2D eigenvalue weighted by Crippen LogP contribution is 2.20. The van der Waals surface area contributed by atoms with Crippen molar-refractivity contribution in [3.05, 3.63) is 12.2 Å². The fourth-order valence-electron chi connectivity index (χ4n) is 2.80. The Labute approximate surface area is 116 Å². The minimum Gasteiger partial charge on any atom is -0.371 e. The van der Waals surface area contributed by atoms with E-state index < -0.39 is 0 Å². The number of rotatable bonds is 5.